The summed E-state index contributed by atoms with van der Waals surface area (Å²) in [6.45, 7) is 7.02. The molecule has 2 amide bonds. The van der Waals surface area contributed by atoms with Crippen LogP contribution in [-0.4, -0.2) is 74.9 Å². The number of amides is 2. The third kappa shape index (κ3) is 7.55. The van der Waals surface area contributed by atoms with Gasteiger partial charge in [-0.25, -0.2) is 13.1 Å². The van der Waals surface area contributed by atoms with Crippen LogP contribution in [0.15, 0.2) is 53.4 Å². The van der Waals surface area contributed by atoms with Gasteiger partial charge in [-0.05, 0) is 57.5 Å². The largest absolute Gasteiger partial charge is 0.497 e. The summed E-state index contributed by atoms with van der Waals surface area (Å²) >= 11 is 0. The topological polar surface area (TPSA) is 122 Å². The van der Waals surface area contributed by atoms with Gasteiger partial charge in [-0.3, -0.25) is 14.4 Å². The van der Waals surface area contributed by atoms with Crippen LogP contribution in [0.1, 0.15) is 44.4 Å². The van der Waals surface area contributed by atoms with Gasteiger partial charge >= 0.3 is 5.97 Å². The van der Waals surface area contributed by atoms with E-state index in [1.54, 1.807) is 57.2 Å². The number of esters is 1. The number of nitrogens with zero attached hydrogens (tertiary/aromatic N) is 2. The van der Waals surface area contributed by atoms with Crippen LogP contribution >= 0.6 is 0 Å². The molecule has 206 valence electrons. The first-order valence-electron chi connectivity index (χ1n) is 12.3. The monoisotopic (exact) mass is 545 g/mol. The van der Waals surface area contributed by atoms with Crippen molar-refractivity contribution in [2.45, 2.75) is 50.7 Å². The van der Waals surface area contributed by atoms with Crippen LogP contribution in [0.4, 0.5) is 0 Å². The number of piperazine rings is 1. The SMILES string of the molecule is COc1cccc(C2C(=O)N(CC(=O)OC(C)(C)C)CCN2C(=O)CCNS(=O)(=O)c2ccc(C)cc2)c1. The Kier molecular flexibility index (Phi) is 9.16. The Morgan fingerprint density at radius 2 is 1.76 bits per heavy atom. The van der Waals surface area contributed by atoms with Crippen molar-refractivity contribution >= 4 is 27.8 Å². The molecule has 1 N–H and O–H groups in total. The highest BCUT2D eigenvalue weighted by molar-refractivity contribution is 7.89. The molecule has 0 aromatic heterocycles. The van der Waals surface area contributed by atoms with Crippen LogP contribution in [0.2, 0.25) is 0 Å². The molecule has 1 atom stereocenters. The molecule has 1 unspecified atom stereocenters. The molecule has 3 rings (SSSR count). The number of carbonyl (C=O) groups is 3. The van der Waals surface area contributed by atoms with Crippen LogP contribution in [0.25, 0.3) is 0 Å². The standard InChI is InChI=1S/C27H35N3O7S/c1-19-9-11-22(12-10-19)38(34,35)28-14-13-23(31)30-16-15-29(18-24(32)37-27(2,3)4)26(33)25(30)20-7-6-8-21(17-20)36-5/h6-12,17,25,28H,13-16,18H2,1-5H3. The Hall–Kier alpha value is -3.44. The third-order valence-corrected chi connectivity index (χ3v) is 7.38. The van der Waals surface area contributed by atoms with E-state index in [9.17, 15) is 22.8 Å². The van der Waals surface area contributed by atoms with E-state index in [0.29, 0.717) is 11.3 Å². The fraction of sp³-hybridized carbons (Fsp3) is 0.444. The van der Waals surface area contributed by atoms with Gasteiger partial charge in [0.05, 0.1) is 12.0 Å². The lowest BCUT2D eigenvalue weighted by molar-refractivity contribution is -0.163. The molecule has 2 aromatic rings. The van der Waals surface area contributed by atoms with Crippen molar-refractivity contribution < 1.29 is 32.3 Å². The Balaban J connectivity index is 1.76. The first-order chi connectivity index (χ1) is 17.8. The van der Waals surface area contributed by atoms with E-state index >= 15 is 0 Å². The number of hydrogen-bond donors (Lipinski definition) is 1. The number of benzene rings is 2. The lowest BCUT2D eigenvalue weighted by Gasteiger charge is -2.40. The average molecular weight is 546 g/mol. The maximum atomic E-state index is 13.6. The highest BCUT2D eigenvalue weighted by Crippen LogP contribution is 2.30. The summed E-state index contributed by atoms with van der Waals surface area (Å²) < 4.78 is 38.3. The van der Waals surface area contributed by atoms with Gasteiger partial charge in [0.15, 0.2) is 0 Å². The van der Waals surface area contributed by atoms with Crippen LogP contribution in [0, 0.1) is 6.92 Å². The van der Waals surface area contributed by atoms with Crippen LogP contribution in [0.5, 0.6) is 5.75 Å². The molecule has 1 aliphatic heterocycles. The summed E-state index contributed by atoms with van der Waals surface area (Å²) in [5.74, 6) is -0.850. The van der Waals surface area contributed by atoms with Crippen LogP contribution in [0.3, 0.4) is 0 Å². The highest BCUT2D eigenvalue weighted by atomic mass is 32.2. The molecule has 38 heavy (non-hydrogen) atoms. The number of carbonyl (C=O) groups excluding carboxylic acids is 3. The lowest BCUT2D eigenvalue weighted by Crippen LogP contribution is -2.55. The number of sulfonamides is 1. The van der Waals surface area contributed by atoms with Gasteiger partial charge in [-0.2, -0.15) is 0 Å². The predicted octanol–water partition coefficient (Wildman–Crippen LogP) is 2.43. The quantitative estimate of drug-likeness (QED) is 0.480. The maximum absolute atomic E-state index is 13.6. The van der Waals surface area contributed by atoms with Gasteiger partial charge < -0.3 is 19.3 Å². The number of hydrogen-bond acceptors (Lipinski definition) is 7. The predicted molar refractivity (Wildman–Crippen MR) is 141 cm³/mol. The molecule has 1 heterocycles. The second-order valence-electron chi connectivity index (χ2n) is 10.1. The van der Waals surface area contributed by atoms with Crippen molar-refractivity contribution in [3.8, 4) is 5.75 Å². The summed E-state index contributed by atoms with van der Waals surface area (Å²) in [7, 11) is -2.29. The molecule has 0 saturated carbocycles. The van der Waals surface area contributed by atoms with E-state index < -0.39 is 39.4 Å². The van der Waals surface area contributed by atoms with Crippen molar-refractivity contribution in [1.29, 1.82) is 0 Å². The summed E-state index contributed by atoms with van der Waals surface area (Å²) in [4.78, 5) is 42.1. The first-order valence-corrected chi connectivity index (χ1v) is 13.8. The second-order valence-corrected chi connectivity index (χ2v) is 11.8. The molecular weight excluding hydrogens is 510 g/mol. The maximum Gasteiger partial charge on any atom is 0.326 e. The summed E-state index contributed by atoms with van der Waals surface area (Å²) in [5.41, 5.74) is 0.755. The molecule has 1 aliphatic rings. The third-order valence-electron chi connectivity index (χ3n) is 5.90. The minimum Gasteiger partial charge on any atom is -0.497 e. The smallest absolute Gasteiger partial charge is 0.326 e. The van der Waals surface area contributed by atoms with Gasteiger partial charge in [0.25, 0.3) is 5.91 Å². The summed E-state index contributed by atoms with van der Waals surface area (Å²) in [6, 6.07) is 12.2. The van der Waals surface area contributed by atoms with Gasteiger partial charge in [-0.15, -0.1) is 0 Å². The number of ether oxygens (including phenoxy) is 2. The van der Waals surface area contributed by atoms with Crippen LogP contribution in [-0.2, 0) is 29.1 Å². The molecule has 0 aliphatic carbocycles. The molecule has 0 radical (unpaired) electrons. The Morgan fingerprint density at radius 3 is 2.39 bits per heavy atom. The van der Waals surface area contributed by atoms with E-state index in [2.05, 4.69) is 4.72 Å². The molecule has 10 nitrogen and oxygen atoms in total. The van der Waals surface area contributed by atoms with E-state index in [4.69, 9.17) is 9.47 Å². The van der Waals surface area contributed by atoms with Crippen molar-refractivity contribution in [3.05, 3.63) is 59.7 Å². The lowest BCUT2D eigenvalue weighted by atomic mass is 10.00. The fourth-order valence-corrected chi connectivity index (χ4v) is 5.13. The van der Waals surface area contributed by atoms with E-state index in [-0.39, 0.29) is 37.5 Å². The zero-order valence-corrected chi connectivity index (χ0v) is 23.2. The Morgan fingerprint density at radius 1 is 1.08 bits per heavy atom. The number of aryl methyl sites for hydroxylation is 1. The van der Waals surface area contributed by atoms with Crippen LogP contribution < -0.4 is 9.46 Å². The minimum absolute atomic E-state index is 0.107. The van der Waals surface area contributed by atoms with E-state index in [0.717, 1.165) is 5.56 Å². The average Bonchev–Trinajstić information content (AvgIpc) is 2.84. The van der Waals surface area contributed by atoms with Gasteiger partial charge in [0.2, 0.25) is 15.9 Å². The number of methoxy groups -OCH3 is 1. The summed E-state index contributed by atoms with van der Waals surface area (Å²) in [5, 5.41) is 0. The first kappa shape index (κ1) is 29.1. The Labute approximate surface area is 223 Å². The molecular formula is C27H35N3O7S. The highest BCUT2D eigenvalue weighted by Gasteiger charge is 2.39. The molecule has 0 bridgehead atoms. The molecule has 0 spiro atoms. The fourth-order valence-electron chi connectivity index (χ4n) is 4.10. The van der Waals surface area contributed by atoms with Gasteiger partial charge in [0, 0.05) is 26.1 Å². The van der Waals surface area contributed by atoms with E-state index in [1.807, 2.05) is 6.92 Å². The second kappa shape index (κ2) is 12.0. The van der Waals surface area contributed by atoms with Gasteiger partial charge in [0.1, 0.15) is 23.9 Å². The molecule has 2 aromatic carbocycles. The Bertz CT molecular complexity index is 1270. The molecule has 1 fully saturated rings. The minimum atomic E-state index is -3.79. The summed E-state index contributed by atoms with van der Waals surface area (Å²) in [6.07, 6.45) is -0.148. The number of rotatable bonds is 9. The number of nitrogens with one attached hydrogen (secondary N) is 1. The normalized spacial score (nSPS) is 16.3. The zero-order chi connectivity index (χ0) is 28.1. The zero-order valence-electron chi connectivity index (χ0n) is 22.4. The van der Waals surface area contributed by atoms with Gasteiger partial charge in [-0.1, -0.05) is 29.8 Å². The van der Waals surface area contributed by atoms with Crippen molar-refractivity contribution in [3.63, 3.8) is 0 Å². The van der Waals surface area contributed by atoms with Crippen molar-refractivity contribution in [2.24, 2.45) is 0 Å². The van der Waals surface area contributed by atoms with E-state index in [1.165, 1.54) is 29.0 Å². The van der Waals surface area contributed by atoms with Crippen molar-refractivity contribution in [1.82, 2.24) is 14.5 Å². The van der Waals surface area contributed by atoms with Crippen molar-refractivity contribution in [2.75, 3.05) is 33.3 Å². The molecule has 1 saturated heterocycles. The molecule has 11 heteroatoms.